The minimum atomic E-state index is 0.130. The fourth-order valence-corrected chi connectivity index (χ4v) is 3.63. The Morgan fingerprint density at radius 3 is 2.95 bits per heavy atom. The number of pyridine rings is 1. The van der Waals surface area contributed by atoms with Crippen LogP contribution in [0.3, 0.4) is 0 Å². The highest BCUT2D eigenvalue weighted by atomic mass is 32.1. The molecule has 3 aromatic heterocycles. The SMILES string of the molecule is Cc1cnc(OC2CCN(c3ccnc4ccsc34)C2)nc1. The zero-order valence-electron chi connectivity index (χ0n) is 12.3. The number of thiophene rings is 1. The molecule has 0 aliphatic carbocycles. The van der Waals surface area contributed by atoms with Crippen LogP contribution in [0.1, 0.15) is 12.0 Å². The monoisotopic (exact) mass is 312 g/mol. The summed E-state index contributed by atoms with van der Waals surface area (Å²) >= 11 is 1.74. The van der Waals surface area contributed by atoms with E-state index in [0.717, 1.165) is 30.6 Å². The minimum Gasteiger partial charge on any atom is -0.458 e. The molecule has 4 rings (SSSR count). The Bertz CT molecular complexity index is 786. The van der Waals surface area contributed by atoms with Crippen LogP contribution in [0.15, 0.2) is 36.1 Å². The number of rotatable bonds is 3. The van der Waals surface area contributed by atoms with Gasteiger partial charge in [0.25, 0.3) is 0 Å². The van der Waals surface area contributed by atoms with E-state index in [0.29, 0.717) is 6.01 Å². The molecule has 0 aromatic carbocycles. The van der Waals surface area contributed by atoms with Gasteiger partial charge >= 0.3 is 6.01 Å². The van der Waals surface area contributed by atoms with Gasteiger partial charge in [-0.25, -0.2) is 9.97 Å². The van der Waals surface area contributed by atoms with Gasteiger partial charge in [-0.05, 0) is 30.0 Å². The third kappa shape index (κ3) is 2.50. The zero-order chi connectivity index (χ0) is 14.9. The summed E-state index contributed by atoms with van der Waals surface area (Å²) in [7, 11) is 0. The van der Waals surface area contributed by atoms with Crippen LogP contribution < -0.4 is 9.64 Å². The lowest BCUT2D eigenvalue weighted by molar-refractivity contribution is 0.206. The number of hydrogen-bond donors (Lipinski definition) is 0. The average Bonchev–Trinajstić information content (AvgIpc) is 3.18. The van der Waals surface area contributed by atoms with Crippen molar-refractivity contribution in [2.24, 2.45) is 0 Å². The van der Waals surface area contributed by atoms with E-state index in [-0.39, 0.29) is 6.10 Å². The Labute approximate surface area is 132 Å². The number of aromatic nitrogens is 3. The van der Waals surface area contributed by atoms with Crippen molar-refractivity contribution in [3.8, 4) is 6.01 Å². The third-order valence-electron chi connectivity index (χ3n) is 3.84. The van der Waals surface area contributed by atoms with Gasteiger partial charge in [0.15, 0.2) is 0 Å². The van der Waals surface area contributed by atoms with E-state index >= 15 is 0 Å². The molecule has 22 heavy (non-hydrogen) atoms. The van der Waals surface area contributed by atoms with Crippen molar-refractivity contribution < 1.29 is 4.74 Å². The van der Waals surface area contributed by atoms with Crippen molar-refractivity contribution >= 4 is 27.2 Å². The standard InChI is InChI=1S/C16H16N4OS/c1-11-8-18-16(19-9-11)21-12-3-6-20(10-12)14-2-5-17-13-4-7-22-15(13)14/h2,4-5,7-9,12H,3,6,10H2,1H3. The van der Waals surface area contributed by atoms with Crippen LogP contribution in [-0.4, -0.2) is 34.1 Å². The quantitative estimate of drug-likeness (QED) is 0.744. The molecule has 4 heterocycles. The van der Waals surface area contributed by atoms with E-state index in [2.05, 4.69) is 37.4 Å². The summed E-state index contributed by atoms with van der Waals surface area (Å²) in [5.74, 6) is 0. The van der Waals surface area contributed by atoms with Gasteiger partial charge in [0.1, 0.15) is 6.10 Å². The second kappa shape index (κ2) is 5.53. The number of anilines is 1. The van der Waals surface area contributed by atoms with Crippen LogP contribution in [0.4, 0.5) is 5.69 Å². The Hall–Kier alpha value is -2.21. The molecular weight excluding hydrogens is 296 g/mol. The average molecular weight is 312 g/mol. The summed E-state index contributed by atoms with van der Waals surface area (Å²) in [5.41, 5.74) is 3.35. The molecule has 1 aliphatic heterocycles. The molecule has 1 atom stereocenters. The number of ether oxygens (including phenoxy) is 1. The molecule has 1 aliphatic rings. The van der Waals surface area contributed by atoms with Crippen molar-refractivity contribution in [2.75, 3.05) is 18.0 Å². The van der Waals surface area contributed by atoms with Crippen LogP contribution in [0, 0.1) is 6.92 Å². The molecular formula is C16H16N4OS. The highest BCUT2D eigenvalue weighted by molar-refractivity contribution is 7.17. The van der Waals surface area contributed by atoms with Crippen molar-refractivity contribution in [2.45, 2.75) is 19.4 Å². The van der Waals surface area contributed by atoms with Gasteiger partial charge in [0.2, 0.25) is 0 Å². The number of nitrogens with zero attached hydrogens (tertiary/aromatic N) is 4. The van der Waals surface area contributed by atoms with Gasteiger partial charge in [-0.3, -0.25) is 4.98 Å². The first-order valence-corrected chi connectivity index (χ1v) is 8.20. The van der Waals surface area contributed by atoms with Crippen LogP contribution >= 0.6 is 11.3 Å². The lowest BCUT2D eigenvalue weighted by Crippen LogP contribution is -2.25. The Balaban J connectivity index is 1.50. The highest BCUT2D eigenvalue weighted by Crippen LogP contribution is 2.32. The Morgan fingerprint density at radius 1 is 1.23 bits per heavy atom. The van der Waals surface area contributed by atoms with E-state index in [4.69, 9.17) is 4.74 Å². The van der Waals surface area contributed by atoms with Gasteiger partial charge in [-0.1, -0.05) is 0 Å². The van der Waals surface area contributed by atoms with E-state index in [9.17, 15) is 0 Å². The van der Waals surface area contributed by atoms with Crippen molar-refractivity contribution in [3.63, 3.8) is 0 Å². The summed E-state index contributed by atoms with van der Waals surface area (Å²) in [6.07, 6.45) is 6.56. The molecule has 112 valence electrons. The maximum atomic E-state index is 5.90. The first kappa shape index (κ1) is 13.5. The Morgan fingerprint density at radius 2 is 2.09 bits per heavy atom. The summed E-state index contributed by atoms with van der Waals surface area (Å²) in [5, 5.41) is 2.09. The minimum absolute atomic E-state index is 0.130. The van der Waals surface area contributed by atoms with E-state index in [1.54, 1.807) is 23.7 Å². The summed E-state index contributed by atoms with van der Waals surface area (Å²) in [6.45, 7) is 3.80. The van der Waals surface area contributed by atoms with Crippen LogP contribution in [0.2, 0.25) is 0 Å². The molecule has 1 fully saturated rings. The first-order valence-electron chi connectivity index (χ1n) is 7.32. The molecule has 0 bridgehead atoms. The number of fused-ring (bicyclic) bond motifs is 1. The molecule has 0 spiro atoms. The molecule has 6 heteroatoms. The summed E-state index contributed by atoms with van der Waals surface area (Å²) in [4.78, 5) is 15.2. The molecule has 5 nitrogen and oxygen atoms in total. The van der Waals surface area contributed by atoms with Gasteiger partial charge in [0.05, 0.1) is 22.4 Å². The van der Waals surface area contributed by atoms with Crippen LogP contribution in [0.25, 0.3) is 10.2 Å². The highest BCUT2D eigenvalue weighted by Gasteiger charge is 2.26. The summed E-state index contributed by atoms with van der Waals surface area (Å²) < 4.78 is 7.14. The molecule has 0 radical (unpaired) electrons. The molecule has 0 saturated carbocycles. The smallest absolute Gasteiger partial charge is 0.316 e. The lowest BCUT2D eigenvalue weighted by atomic mass is 10.3. The van der Waals surface area contributed by atoms with Crippen molar-refractivity contribution in [1.29, 1.82) is 0 Å². The van der Waals surface area contributed by atoms with E-state index in [1.165, 1.54) is 10.4 Å². The topological polar surface area (TPSA) is 51.1 Å². The van der Waals surface area contributed by atoms with Gasteiger partial charge in [-0.15, -0.1) is 11.3 Å². The van der Waals surface area contributed by atoms with Gasteiger partial charge in [-0.2, -0.15) is 0 Å². The molecule has 0 amide bonds. The molecule has 1 unspecified atom stereocenters. The largest absolute Gasteiger partial charge is 0.458 e. The van der Waals surface area contributed by atoms with Crippen LogP contribution in [-0.2, 0) is 0 Å². The van der Waals surface area contributed by atoms with Crippen molar-refractivity contribution in [1.82, 2.24) is 15.0 Å². The predicted octanol–water partition coefficient (Wildman–Crippen LogP) is 3.05. The maximum Gasteiger partial charge on any atom is 0.316 e. The normalized spacial score (nSPS) is 18.0. The van der Waals surface area contributed by atoms with E-state index in [1.807, 2.05) is 13.1 Å². The second-order valence-electron chi connectivity index (χ2n) is 5.48. The fraction of sp³-hybridized carbons (Fsp3) is 0.312. The van der Waals surface area contributed by atoms with Crippen molar-refractivity contribution in [3.05, 3.63) is 41.7 Å². The Kier molecular flexibility index (Phi) is 3.38. The predicted molar refractivity (Wildman–Crippen MR) is 87.6 cm³/mol. The molecule has 0 N–H and O–H groups in total. The summed E-state index contributed by atoms with van der Waals surface area (Å²) in [6, 6.07) is 4.62. The lowest BCUT2D eigenvalue weighted by Gasteiger charge is -2.19. The molecule has 1 saturated heterocycles. The third-order valence-corrected chi connectivity index (χ3v) is 4.76. The zero-order valence-corrected chi connectivity index (χ0v) is 13.1. The van der Waals surface area contributed by atoms with Crippen LogP contribution in [0.5, 0.6) is 6.01 Å². The first-order chi connectivity index (χ1) is 10.8. The van der Waals surface area contributed by atoms with Gasteiger partial charge in [0, 0.05) is 31.6 Å². The second-order valence-corrected chi connectivity index (χ2v) is 6.40. The molecule has 3 aromatic rings. The number of hydrogen-bond acceptors (Lipinski definition) is 6. The maximum absolute atomic E-state index is 5.90. The van der Waals surface area contributed by atoms with Gasteiger partial charge < -0.3 is 9.64 Å². The van der Waals surface area contributed by atoms with E-state index < -0.39 is 0 Å². The number of aryl methyl sites for hydroxylation is 1. The fourth-order valence-electron chi connectivity index (χ4n) is 2.74.